The molecule has 3 aromatic carbocycles. The number of carbonyl (C=O) groups is 2. The SMILES string of the molecule is COc1ccc(N2C(=O)C(=O)/C(=C(\O)c3ccc(OC)c(OC)c3)C2c2ccc(C(C)(C)C)cc2)cc1. The average molecular weight is 502 g/mol. The molecule has 0 radical (unpaired) electrons. The molecule has 1 fully saturated rings. The van der Waals surface area contributed by atoms with E-state index < -0.39 is 17.7 Å². The van der Waals surface area contributed by atoms with Gasteiger partial charge in [0, 0.05) is 11.3 Å². The van der Waals surface area contributed by atoms with E-state index in [0.717, 1.165) is 5.56 Å². The molecule has 1 unspecified atom stereocenters. The highest BCUT2D eigenvalue weighted by atomic mass is 16.5. The van der Waals surface area contributed by atoms with Crippen LogP contribution in [0.3, 0.4) is 0 Å². The fourth-order valence-electron chi connectivity index (χ4n) is 4.46. The largest absolute Gasteiger partial charge is 0.507 e. The van der Waals surface area contributed by atoms with Crippen LogP contribution >= 0.6 is 0 Å². The zero-order valence-corrected chi connectivity index (χ0v) is 21.9. The number of anilines is 1. The van der Waals surface area contributed by atoms with Crippen LogP contribution in [0.1, 0.15) is 43.5 Å². The Morgan fingerprint density at radius 1 is 0.811 bits per heavy atom. The molecule has 4 rings (SSSR count). The van der Waals surface area contributed by atoms with E-state index in [9.17, 15) is 14.7 Å². The molecule has 1 heterocycles. The second kappa shape index (κ2) is 10.0. The summed E-state index contributed by atoms with van der Waals surface area (Å²) in [5.74, 6) is -0.295. The Kier molecular flexibility index (Phi) is 6.99. The van der Waals surface area contributed by atoms with E-state index in [1.54, 1.807) is 49.6 Å². The van der Waals surface area contributed by atoms with Crippen LogP contribution in [0.5, 0.6) is 17.2 Å². The van der Waals surface area contributed by atoms with Crippen LogP contribution in [0.15, 0.2) is 72.3 Å². The first-order valence-electron chi connectivity index (χ1n) is 11.9. The fourth-order valence-corrected chi connectivity index (χ4v) is 4.46. The van der Waals surface area contributed by atoms with E-state index >= 15 is 0 Å². The van der Waals surface area contributed by atoms with Gasteiger partial charge in [-0.25, -0.2) is 0 Å². The Morgan fingerprint density at radius 3 is 1.97 bits per heavy atom. The maximum atomic E-state index is 13.4. The van der Waals surface area contributed by atoms with Crippen molar-refractivity contribution in [2.24, 2.45) is 0 Å². The van der Waals surface area contributed by atoms with E-state index in [1.807, 2.05) is 24.3 Å². The number of ketones is 1. The number of carbonyl (C=O) groups excluding carboxylic acids is 2. The van der Waals surface area contributed by atoms with E-state index in [2.05, 4.69) is 20.8 Å². The van der Waals surface area contributed by atoms with Gasteiger partial charge < -0.3 is 19.3 Å². The summed E-state index contributed by atoms with van der Waals surface area (Å²) in [5, 5.41) is 11.4. The number of benzene rings is 3. The van der Waals surface area contributed by atoms with Gasteiger partial charge >= 0.3 is 0 Å². The van der Waals surface area contributed by atoms with Crippen molar-refractivity contribution >= 4 is 23.1 Å². The highest BCUT2D eigenvalue weighted by Gasteiger charge is 2.47. The summed E-state index contributed by atoms with van der Waals surface area (Å²) in [4.78, 5) is 28.2. The third-order valence-corrected chi connectivity index (χ3v) is 6.54. The van der Waals surface area contributed by atoms with Crippen molar-refractivity contribution in [1.82, 2.24) is 0 Å². The van der Waals surface area contributed by atoms with Gasteiger partial charge in [-0.15, -0.1) is 0 Å². The number of rotatable bonds is 6. The number of hydrogen-bond donors (Lipinski definition) is 1. The predicted octanol–water partition coefficient (Wildman–Crippen LogP) is 5.64. The van der Waals surface area contributed by atoms with Crippen LogP contribution in [-0.2, 0) is 15.0 Å². The quantitative estimate of drug-likeness (QED) is 0.267. The summed E-state index contributed by atoms with van der Waals surface area (Å²) in [6.07, 6.45) is 0. The molecule has 0 saturated carbocycles. The van der Waals surface area contributed by atoms with Crippen molar-refractivity contribution in [2.45, 2.75) is 32.2 Å². The number of amides is 1. The molecule has 7 nitrogen and oxygen atoms in total. The zero-order chi connectivity index (χ0) is 26.9. The first-order valence-corrected chi connectivity index (χ1v) is 11.9. The molecule has 1 aliphatic heterocycles. The van der Waals surface area contributed by atoms with Crippen LogP contribution in [0.25, 0.3) is 5.76 Å². The van der Waals surface area contributed by atoms with Crippen LogP contribution in [-0.4, -0.2) is 38.1 Å². The number of methoxy groups -OCH3 is 3. The maximum absolute atomic E-state index is 13.4. The van der Waals surface area contributed by atoms with E-state index in [-0.39, 0.29) is 16.7 Å². The highest BCUT2D eigenvalue weighted by molar-refractivity contribution is 6.51. The molecule has 1 N–H and O–H groups in total. The lowest BCUT2D eigenvalue weighted by atomic mass is 9.85. The molecule has 1 atom stereocenters. The first kappa shape index (κ1) is 25.8. The van der Waals surface area contributed by atoms with Gasteiger partial charge in [-0.05, 0) is 59.0 Å². The molecule has 37 heavy (non-hydrogen) atoms. The lowest BCUT2D eigenvalue weighted by Gasteiger charge is -2.26. The highest BCUT2D eigenvalue weighted by Crippen LogP contribution is 2.43. The molecule has 0 spiro atoms. The number of ether oxygens (including phenoxy) is 3. The fraction of sp³-hybridized carbons (Fsp3) is 0.267. The van der Waals surface area contributed by atoms with Crippen molar-refractivity contribution in [3.63, 3.8) is 0 Å². The van der Waals surface area contributed by atoms with Crippen molar-refractivity contribution in [2.75, 3.05) is 26.2 Å². The number of hydrogen-bond acceptors (Lipinski definition) is 6. The molecule has 1 amide bonds. The summed E-state index contributed by atoms with van der Waals surface area (Å²) in [6.45, 7) is 6.34. The minimum Gasteiger partial charge on any atom is -0.507 e. The molecule has 0 aliphatic carbocycles. The summed E-state index contributed by atoms with van der Waals surface area (Å²) in [7, 11) is 4.56. The van der Waals surface area contributed by atoms with Crippen LogP contribution < -0.4 is 19.1 Å². The van der Waals surface area contributed by atoms with Crippen molar-refractivity contribution in [1.29, 1.82) is 0 Å². The number of aliphatic hydroxyl groups is 1. The average Bonchev–Trinajstić information content (AvgIpc) is 3.17. The Balaban J connectivity index is 1.92. The number of aliphatic hydroxyl groups excluding tert-OH is 1. The Bertz CT molecular complexity index is 1350. The van der Waals surface area contributed by atoms with E-state index in [1.165, 1.54) is 19.1 Å². The van der Waals surface area contributed by atoms with Gasteiger partial charge in [0.2, 0.25) is 0 Å². The summed E-state index contributed by atoms with van der Waals surface area (Å²) >= 11 is 0. The zero-order valence-electron chi connectivity index (χ0n) is 21.9. The van der Waals surface area contributed by atoms with Crippen LogP contribution in [0, 0.1) is 0 Å². The second-order valence-electron chi connectivity index (χ2n) is 9.81. The van der Waals surface area contributed by atoms with Gasteiger partial charge in [-0.3, -0.25) is 14.5 Å². The molecule has 0 bridgehead atoms. The second-order valence-corrected chi connectivity index (χ2v) is 9.81. The van der Waals surface area contributed by atoms with Gasteiger partial charge in [0.15, 0.2) is 11.5 Å². The van der Waals surface area contributed by atoms with Crippen LogP contribution in [0.4, 0.5) is 5.69 Å². The Labute approximate surface area is 216 Å². The number of nitrogens with zero attached hydrogens (tertiary/aromatic N) is 1. The molecule has 0 aromatic heterocycles. The lowest BCUT2D eigenvalue weighted by molar-refractivity contribution is -0.132. The lowest BCUT2D eigenvalue weighted by Crippen LogP contribution is -2.29. The summed E-state index contributed by atoms with van der Waals surface area (Å²) < 4.78 is 15.9. The van der Waals surface area contributed by atoms with Gasteiger partial charge in [0.1, 0.15) is 11.5 Å². The van der Waals surface area contributed by atoms with Crippen molar-refractivity contribution < 1.29 is 28.9 Å². The normalized spacial score (nSPS) is 17.1. The van der Waals surface area contributed by atoms with Crippen molar-refractivity contribution in [3.8, 4) is 17.2 Å². The predicted molar refractivity (Wildman–Crippen MR) is 142 cm³/mol. The van der Waals surface area contributed by atoms with Gasteiger partial charge in [0.25, 0.3) is 11.7 Å². The standard InChI is InChI=1S/C30H31NO6/c1-30(2,3)20-10-7-18(8-11-20)26-25(27(32)19-9-16-23(36-5)24(17-19)37-6)28(33)29(34)31(26)21-12-14-22(35-4)15-13-21/h7-17,26,32H,1-6H3/b27-25-. The third-order valence-electron chi connectivity index (χ3n) is 6.54. The van der Waals surface area contributed by atoms with Gasteiger partial charge in [-0.1, -0.05) is 45.0 Å². The van der Waals surface area contributed by atoms with Gasteiger partial charge in [0.05, 0.1) is 32.9 Å². The molecular weight excluding hydrogens is 470 g/mol. The molecule has 1 aliphatic rings. The monoisotopic (exact) mass is 501 g/mol. The Morgan fingerprint density at radius 2 is 1.43 bits per heavy atom. The minimum atomic E-state index is -0.837. The summed E-state index contributed by atoms with van der Waals surface area (Å²) in [6, 6.07) is 18.7. The Hall–Kier alpha value is -4.26. The van der Waals surface area contributed by atoms with E-state index in [4.69, 9.17) is 14.2 Å². The van der Waals surface area contributed by atoms with Crippen molar-refractivity contribution in [3.05, 3.63) is 89.0 Å². The molecule has 192 valence electrons. The molecular formula is C30H31NO6. The topological polar surface area (TPSA) is 85.3 Å². The molecule has 1 saturated heterocycles. The van der Waals surface area contributed by atoms with Gasteiger partial charge in [-0.2, -0.15) is 0 Å². The maximum Gasteiger partial charge on any atom is 0.300 e. The van der Waals surface area contributed by atoms with E-state index in [0.29, 0.717) is 34.1 Å². The van der Waals surface area contributed by atoms with Crippen LogP contribution in [0.2, 0.25) is 0 Å². The number of Topliss-reactive ketones (excluding diaryl/α,β-unsaturated/α-hetero) is 1. The smallest absolute Gasteiger partial charge is 0.300 e. The first-order chi connectivity index (χ1) is 17.6. The minimum absolute atomic E-state index is 0.00320. The third kappa shape index (κ3) is 4.77. The molecule has 3 aromatic rings. The molecule has 7 heteroatoms. The summed E-state index contributed by atoms with van der Waals surface area (Å²) in [5.41, 5.74) is 2.58.